The first-order chi connectivity index (χ1) is 9.43. The first-order valence-electron chi connectivity index (χ1n) is 7.43. The largest absolute Gasteiger partial charge is 0.379 e. The van der Waals surface area contributed by atoms with Gasteiger partial charge in [-0.15, -0.1) is 0 Å². The van der Waals surface area contributed by atoms with E-state index in [-0.39, 0.29) is 11.9 Å². The predicted molar refractivity (Wildman–Crippen MR) is 78.5 cm³/mol. The summed E-state index contributed by atoms with van der Waals surface area (Å²) in [5.41, 5.74) is 5.50. The molecule has 0 aromatic carbocycles. The molecule has 2 fully saturated rings. The van der Waals surface area contributed by atoms with Crippen molar-refractivity contribution in [2.24, 2.45) is 11.1 Å². The smallest absolute Gasteiger partial charge is 0.232 e. The van der Waals surface area contributed by atoms with E-state index in [2.05, 4.69) is 23.9 Å². The molecular formula is C14H28N4O2. The van der Waals surface area contributed by atoms with Gasteiger partial charge in [-0.25, -0.2) is 0 Å². The lowest BCUT2D eigenvalue weighted by Gasteiger charge is -2.39. The third-order valence-electron chi connectivity index (χ3n) is 4.53. The first kappa shape index (κ1) is 15.7. The fraction of sp³-hybridized carbons (Fsp3) is 0.929. The lowest BCUT2D eigenvalue weighted by atomic mass is 9.84. The van der Waals surface area contributed by atoms with Gasteiger partial charge in [0.2, 0.25) is 5.91 Å². The summed E-state index contributed by atoms with van der Waals surface area (Å²) in [6.45, 7) is 8.50. The van der Waals surface area contributed by atoms with Gasteiger partial charge in [0, 0.05) is 45.3 Å². The Kier molecular flexibility index (Phi) is 5.01. The summed E-state index contributed by atoms with van der Waals surface area (Å²) in [5.74, 6) is 0.162. The molecule has 2 heterocycles. The van der Waals surface area contributed by atoms with Crippen LogP contribution in [0, 0.1) is 5.41 Å². The van der Waals surface area contributed by atoms with Gasteiger partial charge in [-0.05, 0) is 21.0 Å². The Balaban J connectivity index is 1.83. The Labute approximate surface area is 121 Å². The highest BCUT2D eigenvalue weighted by Crippen LogP contribution is 2.29. The SMILES string of the molecule is CN(C)CCN1CCN(C(=O)C2(C)COCC2N)CC1. The van der Waals surface area contributed by atoms with Gasteiger partial charge in [0.1, 0.15) is 0 Å². The van der Waals surface area contributed by atoms with Gasteiger partial charge < -0.3 is 20.3 Å². The average molecular weight is 284 g/mol. The molecule has 116 valence electrons. The number of carbonyl (C=O) groups is 1. The van der Waals surface area contributed by atoms with Gasteiger partial charge in [0.25, 0.3) is 0 Å². The maximum absolute atomic E-state index is 12.6. The molecule has 0 aliphatic carbocycles. The summed E-state index contributed by atoms with van der Waals surface area (Å²) in [7, 11) is 4.17. The quantitative estimate of drug-likeness (QED) is 0.722. The zero-order chi connectivity index (χ0) is 14.8. The van der Waals surface area contributed by atoms with Crippen molar-refractivity contribution in [2.45, 2.75) is 13.0 Å². The third-order valence-corrected chi connectivity index (χ3v) is 4.53. The van der Waals surface area contributed by atoms with E-state index in [1.807, 2.05) is 11.8 Å². The molecule has 0 bridgehead atoms. The van der Waals surface area contributed by atoms with Crippen LogP contribution < -0.4 is 5.73 Å². The number of nitrogens with two attached hydrogens (primary N) is 1. The first-order valence-corrected chi connectivity index (χ1v) is 7.43. The maximum atomic E-state index is 12.6. The predicted octanol–water partition coefficient (Wildman–Crippen LogP) is -0.944. The van der Waals surface area contributed by atoms with Crippen molar-refractivity contribution in [3.05, 3.63) is 0 Å². The van der Waals surface area contributed by atoms with Crippen LogP contribution in [-0.4, -0.2) is 93.2 Å². The normalized spacial score (nSPS) is 32.0. The van der Waals surface area contributed by atoms with E-state index in [0.29, 0.717) is 13.2 Å². The number of rotatable bonds is 4. The number of hydrogen-bond donors (Lipinski definition) is 1. The second-order valence-electron chi connectivity index (χ2n) is 6.48. The van der Waals surface area contributed by atoms with Gasteiger partial charge >= 0.3 is 0 Å². The number of piperazine rings is 1. The average Bonchev–Trinajstić information content (AvgIpc) is 2.77. The van der Waals surface area contributed by atoms with Crippen LogP contribution in [0.15, 0.2) is 0 Å². The molecule has 0 spiro atoms. The van der Waals surface area contributed by atoms with E-state index < -0.39 is 5.41 Å². The van der Waals surface area contributed by atoms with Crippen LogP contribution in [0.1, 0.15) is 6.92 Å². The molecule has 2 rings (SSSR count). The highest BCUT2D eigenvalue weighted by molar-refractivity contribution is 5.83. The number of amides is 1. The standard InChI is InChI=1S/C14H28N4O2/c1-14(11-20-10-12(14)15)13(19)18-8-6-17(7-9-18)5-4-16(2)3/h12H,4-11,15H2,1-3H3. The Hall–Kier alpha value is -0.690. The van der Waals surface area contributed by atoms with Gasteiger partial charge in [-0.1, -0.05) is 0 Å². The minimum absolute atomic E-state index is 0.162. The lowest BCUT2D eigenvalue weighted by molar-refractivity contribution is -0.143. The molecular weight excluding hydrogens is 256 g/mol. The number of likely N-dealkylation sites (N-methyl/N-ethyl adjacent to an activating group) is 1. The third kappa shape index (κ3) is 3.31. The van der Waals surface area contributed by atoms with Crippen molar-refractivity contribution in [2.75, 3.05) is 66.6 Å². The number of ether oxygens (including phenoxy) is 1. The molecule has 2 N–H and O–H groups in total. The minimum atomic E-state index is -0.536. The van der Waals surface area contributed by atoms with Gasteiger partial charge in [0.05, 0.1) is 18.6 Å². The van der Waals surface area contributed by atoms with Crippen LogP contribution in [0.25, 0.3) is 0 Å². The van der Waals surface area contributed by atoms with Crippen molar-refractivity contribution in [3.63, 3.8) is 0 Å². The van der Waals surface area contributed by atoms with Crippen LogP contribution in [0.3, 0.4) is 0 Å². The van der Waals surface area contributed by atoms with Gasteiger partial charge in [0.15, 0.2) is 0 Å². The second kappa shape index (κ2) is 6.39. The number of nitrogens with zero attached hydrogens (tertiary/aromatic N) is 3. The molecule has 6 nitrogen and oxygen atoms in total. The second-order valence-corrected chi connectivity index (χ2v) is 6.48. The Morgan fingerprint density at radius 1 is 1.35 bits per heavy atom. The van der Waals surface area contributed by atoms with E-state index in [1.165, 1.54) is 0 Å². The number of carbonyl (C=O) groups excluding carboxylic acids is 1. The molecule has 2 aliphatic heterocycles. The molecule has 0 radical (unpaired) electrons. The van der Waals surface area contributed by atoms with Crippen molar-refractivity contribution in [1.29, 1.82) is 0 Å². The summed E-state index contributed by atoms with van der Waals surface area (Å²) in [5, 5.41) is 0. The zero-order valence-corrected chi connectivity index (χ0v) is 13.0. The zero-order valence-electron chi connectivity index (χ0n) is 13.0. The summed E-state index contributed by atoms with van der Waals surface area (Å²) >= 11 is 0. The lowest BCUT2D eigenvalue weighted by Crippen LogP contribution is -2.57. The minimum Gasteiger partial charge on any atom is -0.379 e. The Bertz CT molecular complexity index is 342. The van der Waals surface area contributed by atoms with Crippen LogP contribution >= 0.6 is 0 Å². The molecule has 2 atom stereocenters. The molecule has 2 unspecified atom stereocenters. The maximum Gasteiger partial charge on any atom is 0.232 e. The molecule has 6 heteroatoms. The Morgan fingerprint density at radius 2 is 2.00 bits per heavy atom. The number of hydrogen-bond acceptors (Lipinski definition) is 5. The molecule has 0 aromatic rings. The molecule has 0 aromatic heterocycles. The van der Waals surface area contributed by atoms with Crippen molar-refractivity contribution < 1.29 is 9.53 Å². The molecule has 2 saturated heterocycles. The fourth-order valence-corrected chi connectivity index (χ4v) is 2.79. The molecule has 20 heavy (non-hydrogen) atoms. The van der Waals surface area contributed by atoms with E-state index in [1.54, 1.807) is 0 Å². The Morgan fingerprint density at radius 3 is 2.50 bits per heavy atom. The van der Waals surface area contributed by atoms with Crippen LogP contribution in [0.5, 0.6) is 0 Å². The van der Waals surface area contributed by atoms with Gasteiger partial charge in [-0.2, -0.15) is 0 Å². The summed E-state index contributed by atoms with van der Waals surface area (Å²) in [6.07, 6.45) is 0. The topological polar surface area (TPSA) is 62.0 Å². The van der Waals surface area contributed by atoms with Crippen LogP contribution in [0.2, 0.25) is 0 Å². The van der Waals surface area contributed by atoms with Crippen molar-refractivity contribution in [3.8, 4) is 0 Å². The van der Waals surface area contributed by atoms with Crippen LogP contribution in [0.4, 0.5) is 0 Å². The molecule has 1 amide bonds. The summed E-state index contributed by atoms with van der Waals surface area (Å²) < 4.78 is 5.38. The van der Waals surface area contributed by atoms with E-state index in [0.717, 1.165) is 39.3 Å². The van der Waals surface area contributed by atoms with E-state index in [9.17, 15) is 4.79 Å². The summed E-state index contributed by atoms with van der Waals surface area (Å²) in [6, 6.07) is -0.179. The highest BCUT2D eigenvalue weighted by Gasteiger charge is 2.46. The van der Waals surface area contributed by atoms with Crippen LogP contribution in [-0.2, 0) is 9.53 Å². The molecule has 0 saturated carbocycles. The summed E-state index contributed by atoms with van der Waals surface area (Å²) in [4.78, 5) is 19.2. The van der Waals surface area contributed by atoms with Gasteiger partial charge in [-0.3, -0.25) is 9.69 Å². The van der Waals surface area contributed by atoms with Crippen molar-refractivity contribution >= 4 is 5.91 Å². The monoisotopic (exact) mass is 284 g/mol. The highest BCUT2D eigenvalue weighted by atomic mass is 16.5. The van der Waals surface area contributed by atoms with E-state index >= 15 is 0 Å². The van der Waals surface area contributed by atoms with Crippen molar-refractivity contribution in [1.82, 2.24) is 14.7 Å². The molecule has 2 aliphatic rings. The van der Waals surface area contributed by atoms with E-state index in [4.69, 9.17) is 10.5 Å². The fourth-order valence-electron chi connectivity index (χ4n) is 2.79.